The summed E-state index contributed by atoms with van der Waals surface area (Å²) < 4.78 is 36.7. The van der Waals surface area contributed by atoms with Gasteiger partial charge in [-0.3, -0.25) is 4.79 Å². The van der Waals surface area contributed by atoms with Gasteiger partial charge in [0.05, 0.1) is 17.5 Å². The Morgan fingerprint density at radius 3 is 2.71 bits per heavy atom. The fourth-order valence-electron chi connectivity index (χ4n) is 2.93. The Kier molecular flexibility index (Phi) is 5.17. The molecule has 1 aromatic carbocycles. The van der Waals surface area contributed by atoms with Gasteiger partial charge in [0.1, 0.15) is 11.7 Å². The van der Waals surface area contributed by atoms with E-state index in [9.17, 15) is 17.6 Å². The number of carbonyl (C=O) groups excluding carboxylic acids is 1. The third kappa shape index (κ3) is 3.92. The van der Waals surface area contributed by atoms with Crippen LogP contribution in [0, 0.1) is 5.82 Å². The van der Waals surface area contributed by atoms with E-state index in [4.69, 9.17) is 11.6 Å². The van der Waals surface area contributed by atoms with Crippen molar-refractivity contribution in [1.82, 2.24) is 4.90 Å². The van der Waals surface area contributed by atoms with E-state index in [1.54, 1.807) is 12.1 Å². The number of amidine groups is 1. The van der Waals surface area contributed by atoms with E-state index in [2.05, 4.69) is 4.99 Å². The van der Waals surface area contributed by atoms with E-state index in [-0.39, 0.29) is 34.5 Å². The first-order valence-electron chi connectivity index (χ1n) is 7.43. The van der Waals surface area contributed by atoms with Crippen LogP contribution in [0.2, 0.25) is 0 Å². The SMILES string of the molecule is O=C(CCl)N=C1SC2CS(=O)(=O)CC2N1CCc1ccc(F)cc1. The van der Waals surface area contributed by atoms with Gasteiger partial charge in [-0.05, 0) is 24.1 Å². The van der Waals surface area contributed by atoms with E-state index < -0.39 is 15.7 Å². The van der Waals surface area contributed by atoms with Crippen molar-refractivity contribution in [1.29, 1.82) is 0 Å². The van der Waals surface area contributed by atoms with Crippen LogP contribution >= 0.6 is 23.4 Å². The van der Waals surface area contributed by atoms with E-state index in [1.807, 2.05) is 4.90 Å². The minimum atomic E-state index is -3.06. The highest BCUT2D eigenvalue weighted by molar-refractivity contribution is 8.15. The molecule has 130 valence electrons. The number of rotatable bonds is 4. The average Bonchev–Trinajstić information content (AvgIpc) is 2.98. The molecule has 2 heterocycles. The largest absolute Gasteiger partial charge is 0.346 e. The van der Waals surface area contributed by atoms with E-state index in [1.165, 1.54) is 23.9 Å². The second-order valence-electron chi connectivity index (χ2n) is 5.79. The second kappa shape index (κ2) is 7.01. The van der Waals surface area contributed by atoms with Crippen LogP contribution in [0.3, 0.4) is 0 Å². The summed E-state index contributed by atoms with van der Waals surface area (Å²) in [6.07, 6.45) is 0.609. The normalized spacial score (nSPS) is 26.8. The van der Waals surface area contributed by atoms with E-state index >= 15 is 0 Å². The number of fused-ring (bicyclic) bond motifs is 1. The smallest absolute Gasteiger partial charge is 0.262 e. The van der Waals surface area contributed by atoms with Gasteiger partial charge in [-0.1, -0.05) is 23.9 Å². The van der Waals surface area contributed by atoms with Gasteiger partial charge in [-0.15, -0.1) is 11.6 Å². The number of hydrogen-bond donors (Lipinski definition) is 0. The number of sulfone groups is 1. The first-order valence-corrected chi connectivity index (χ1v) is 10.7. The molecule has 2 unspecified atom stereocenters. The molecule has 2 saturated heterocycles. The standard InChI is InChI=1S/C15H16ClFN2O3S2/c16-7-14(20)18-15-19(6-5-10-1-3-11(17)4-2-10)12-8-24(21,22)9-13(12)23-15/h1-4,12-13H,5-9H2. The Bertz CT molecular complexity index is 767. The maximum absolute atomic E-state index is 13.0. The van der Waals surface area contributed by atoms with Crippen LogP contribution in [0.5, 0.6) is 0 Å². The monoisotopic (exact) mass is 390 g/mol. The molecule has 1 aromatic rings. The van der Waals surface area contributed by atoms with Crippen molar-refractivity contribution >= 4 is 44.3 Å². The number of benzene rings is 1. The Morgan fingerprint density at radius 1 is 1.33 bits per heavy atom. The molecule has 2 aliphatic rings. The lowest BCUT2D eigenvalue weighted by atomic mass is 10.1. The fourth-order valence-corrected chi connectivity index (χ4v) is 6.99. The molecule has 3 rings (SSSR count). The highest BCUT2D eigenvalue weighted by Gasteiger charge is 2.48. The highest BCUT2D eigenvalue weighted by Crippen LogP contribution is 2.38. The van der Waals surface area contributed by atoms with Gasteiger partial charge < -0.3 is 4.90 Å². The molecule has 5 nitrogen and oxygen atoms in total. The van der Waals surface area contributed by atoms with Gasteiger partial charge in [0.2, 0.25) is 0 Å². The molecule has 0 aromatic heterocycles. The Morgan fingerprint density at radius 2 is 2.04 bits per heavy atom. The summed E-state index contributed by atoms with van der Waals surface area (Å²) in [5, 5.41) is 0.428. The molecule has 1 amide bonds. The van der Waals surface area contributed by atoms with Crippen molar-refractivity contribution in [3.05, 3.63) is 35.6 Å². The highest BCUT2D eigenvalue weighted by atomic mass is 35.5. The zero-order valence-electron chi connectivity index (χ0n) is 12.7. The summed E-state index contributed by atoms with van der Waals surface area (Å²) in [5.74, 6) is -0.768. The second-order valence-corrected chi connectivity index (χ2v) is 9.42. The van der Waals surface area contributed by atoms with Crippen LogP contribution in [0.25, 0.3) is 0 Å². The zero-order valence-corrected chi connectivity index (χ0v) is 15.1. The van der Waals surface area contributed by atoms with Crippen molar-refractivity contribution in [3.63, 3.8) is 0 Å². The molecular formula is C15H16ClFN2O3S2. The summed E-state index contributed by atoms with van der Waals surface area (Å²) in [5.41, 5.74) is 0.939. The van der Waals surface area contributed by atoms with Crippen LogP contribution in [-0.4, -0.2) is 59.6 Å². The van der Waals surface area contributed by atoms with E-state index in [0.29, 0.717) is 18.1 Å². The molecule has 9 heteroatoms. The molecule has 0 radical (unpaired) electrons. The number of carbonyl (C=O) groups is 1. The summed E-state index contributed by atoms with van der Waals surface area (Å²) in [6.45, 7) is 0.518. The predicted molar refractivity (Wildman–Crippen MR) is 93.8 cm³/mol. The molecule has 2 aliphatic heterocycles. The molecule has 0 aliphatic carbocycles. The Hall–Kier alpha value is -1.12. The number of thioether (sulfide) groups is 1. The lowest BCUT2D eigenvalue weighted by molar-refractivity contribution is -0.115. The summed E-state index contributed by atoms with van der Waals surface area (Å²) in [7, 11) is -3.06. The van der Waals surface area contributed by atoms with Crippen molar-refractivity contribution in [2.75, 3.05) is 23.9 Å². The van der Waals surface area contributed by atoms with E-state index in [0.717, 1.165) is 5.56 Å². The molecular weight excluding hydrogens is 375 g/mol. The number of halogens is 2. The maximum atomic E-state index is 13.0. The number of aliphatic imine (C=N–C) groups is 1. The minimum absolute atomic E-state index is 0.0716. The summed E-state index contributed by atoms with van der Waals surface area (Å²) >= 11 is 6.85. The zero-order chi connectivity index (χ0) is 17.3. The first-order chi connectivity index (χ1) is 11.4. The lowest BCUT2D eigenvalue weighted by Crippen LogP contribution is -2.39. The van der Waals surface area contributed by atoms with Gasteiger partial charge >= 0.3 is 0 Å². The molecule has 24 heavy (non-hydrogen) atoms. The van der Waals surface area contributed by atoms with Crippen molar-refractivity contribution in [3.8, 4) is 0 Å². The molecule has 0 bridgehead atoms. The number of nitrogens with zero attached hydrogens (tertiary/aromatic N) is 2. The average molecular weight is 391 g/mol. The van der Waals surface area contributed by atoms with Crippen LogP contribution in [-0.2, 0) is 21.1 Å². The number of alkyl halides is 1. The Balaban J connectivity index is 1.78. The lowest BCUT2D eigenvalue weighted by Gasteiger charge is -2.24. The third-order valence-corrected chi connectivity index (χ3v) is 7.54. The summed E-state index contributed by atoms with van der Waals surface area (Å²) in [6, 6.07) is 6.00. The van der Waals surface area contributed by atoms with Crippen LogP contribution in [0.4, 0.5) is 4.39 Å². The fraction of sp³-hybridized carbons (Fsp3) is 0.467. The van der Waals surface area contributed by atoms with Gasteiger partial charge in [-0.25, -0.2) is 12.8 Å². The Labute approximate surface area is 149 Å². The third-order valence-electron chi connectivity index (χ3n) is 4.06. The van der Waals surface area contributed by atoms with Crippen LogP contribution < -0.4 is 0 Å². The maximum Gasteiger partial charge on any atom is 0.262 e. The molecule has 2 atom stereocenters. The number of amides is 1. The van der Waals surface area contributed by atoms with Gasteiger partial charge in [0, 0.05) is 11.8 Å². The van der Waals surface area contributed by atoms with Crippen molar-refractivity contribution in [2.24, 2.45) is 4.99 Å². The van der Waals surface area contributed by atoms with Crippen LogP contribution in [0.1, 0.15) is 5.56 Å². The van der Waals surface area contributed by atoms with Gasteiger partial charge in [-0.2, -0.15) is 4.99 Å². The predicted octanol–water partition coefficient (Wildman–Crippen LogP) is 1.70. The van der Waals surface area contributed by atoms with Crippen molar-refractivity contribution < 1.29 is 17.6 Å². The first kappa shape index (κ1) is 17.7. The summed E-state index contributed by atoms with van der Waals surface area (Å²) in [4.78, 5) is 17.4. The minimum Gasteiger partial charge on any atom is -0.346 e. The van der Waals surface area contributed by atoms with Crippen LogP contribution in [0.15, 0.2) is 29.3 Å². The topological polar surface area (TPSA) is 66.8 Å². The number of hydrogen-bond acceptors (Lipinski definition) is 4. The molecule has 0 spiro atoms. The molecule has 0 N–H and O–H groups in total. The molecule has 2 fully saturated rings. The quantitative estimate of drug-likeness (QED) is 0.732. The van der Waals surface area contributed by atoms with Crippen molar-refractivity contribution in [2.45, 2.75) is 17.7 Å². The van der Waals surface area contributed by atoms with Gasteiger partial charge in [0.25, 0.3) is 5.91 Å². The molecule has 0 saturated carbocycles. The van der Waals surface area contributed by atoms with Gasteiger partial charge in [0.15, 0.2) is 15.0 Å².